The summed E-state index contributed by atoms with van der Waals surface area (Å²) in [6, 6.07) is 12.2. The van der Waals surface area contributed by atoms with Gasteiger partial charge in [0, 0.05) is 36.0 Å². The molecule has 0 spiro atoms. The van der Waals surface area contributed by atoms with Gasteiger partial charge in [0.15, 0.2) is 0 Å². The molecule has 1 amide bonds. The topological polar surface area (TPSA) is 67.2 Å². The van der Waals surface area contributed by atoms with Crippen LogP contribution in [0.25, 0.3) is 16.9 Å². The van der Waals surface area contributed by atoms with E-state index in [1.165, 1.54) is 0 Å². The van der Waals surface area contributed by atoms with Crippen molar-refractivity contribution in [2.24, 2.45) is 0 Å². The van der Waals surface area contributed by atoms with E-state index in [0.717, 1.165) is 47.7 Å². The molecule has 0 radical (unpaired) electrons. The molecule has 1 aliphatic heterocycles. The number of benzene rings is 1. The Kier molecular flexibility index (Phi) is 4.92. The van der Waals surface area contributed by atoms with E-state index in [2.05, 4.69) is 34.2 Å². The summed E-state index contributed by atoms with van der Waals surface area (Å²) in [5.74, 6) is 0.864. The average molecular weight is 376 g/mol. The van der Waals surface area contributed by atoms with Gasteiger partial charge in [-0.2, -0.15) is 0 Å². The van der Waals surface area contributed by atoms with Crippen LogP contribution in [0.2, 0.25) is 0 Å². The zero-order valence-electron chi connectivity index (χ0n) is 16.4. The molecule has 7 heteroatoms. The number of carbonyl (C=O) groups excluding carboxylic acids is 1. The lowest BCUT2D eigenvalue weighted by atomic mass is 10.0. The molecule has 0 bridgehead atoms. The zero-order valence-corrected chi connectivity index (χ0v) is 16.4. The maximum Gasteiger partial charge on any atom is 0.253 e. The largest absolute Gasteiger partial charge is 0.337 e. The molecule has 0 saturated carbocycles. The second kappa shape index (κ2) is 7.52. The number of amides is 1. The highest BCUT2D eigenvalue weighted by Gasteiger charge is 2.28. The lowest BCUT2D eigenvalue weighted by molar-refractivity contribution is 0.0783. The third kappa shape index (κ3) is 3.53. The third-order valence-electron chi connectivity index (χ3n) is 5.36. The zero-order chi connectivity index (χ0) is 19.7. The van der Waals surface area contributed by atoms with Crippen LogP contribution in [0.4, 0.5) is 0 Å². The fourth-order valence-electron chi connectivity index (χ4n) is 3.67. The molecule has 1 unspecified atom stereocenters. The molecular weight excluding hydrogens is 352 g/mol. The summed E-state index contributed by atoms with van der Waals surface area (Å²) < 4.78 is 1.77. The van der Waals surface area contributed by atoms with Crippen LogP contribution in [0.5, 0.6) is 0 Å². The van der Waals surface area contributed by atoms with Crippen molar-refractivity contribution in [3.63, 3.8) is 0 Å². The van der Waals surface area contributed by atoms with E-state index in [1.807, 2.05) is 48.2 Å². The molecule has 1 aromatic carbocycles. The molecule has 3 heterocycles. The van der Waals surface area contributed by atoms with Crippen molar-refractivity contribution in [2.45, 2.75) is 19.4 Å². The van der Waals surface area contributed by atoms with E-state index >= 15 is 0 Å². The highest BCUT2D eigenvalue weighted by atomic mass is 16.2. The quantitative estimate of drug-likeness (QED) is 0.700. The van der Waals surface area contributed by atoms with E-state index in [-0.39, 0.29) is 5.91 Å². The van der Waals surface area contributed by atoms with Crippen molar-refractivity contribution in [2.75, 3.05) is 27.2 Å². The molecule has 0 N–H and O–H groups in total. The van der Waals surface area contributed by atoms with Gasteiger partial charge >= 0.3 is 0 Å². The van der Waals surface area contributed by atoms with Crippen LogP contribution in [-0.4, -0.2) is 68.7 Å². The fraction of sp³-hybridized carbons (Fsp3) is 0.333. The van der Waals surface area contributed by atoms with Crippen LogP contribution in [-0.2, 0) is 0 Å². The van der Waals surface area contributed by atoms with Crippen LogP contribution in [0.15, 0.2) is 49.1 Å². The van der Waals surface area contributed by atoms with Crippen molar-refractivity contribution in [1.29, 1.82) is 0 Å². The van der Waals surface area contributed by atoms with Crippen molar-refractivity contribution < 1.29 is 4.79 Å². The monoisotopic (exact) mass is 376 g/mol. The number of aromatic nitrogens is 4. The molecule has 1 atom stereocenters. The molecule has 28 heavy (non-hydrogen) atoms. The number of hydrogen-bond donors (Lipinski definition) is 0. The maximum atomic E-state index is 13.0. The molecule has 4 rings (SSSR count). The smallest absolute Gasteiger partial charge is 0.253 e. The molecule has 3 aromatic rings. The van der Waals surface area contributed by atoms with Gasteiger partial charge in [-0.15, -0.1) is 10.2 Å². The van der Waals surface area contributed by atoms with Gasteiger partial charge in [-0.1, -0.05) is 12.1 Å². The first-order chi connectivity index (χ1) is 13.5. The minimum atomic E-state index is 0.0953. The second-order valence-corrected chi connectivity index (χ2v) is 7.41. The summed E-state index contributed by atoms with van der Waals surface area (Å²) in [5, 5.41) is 7.64. The SMILES string of the molecule is Cc1nc(-n2cnnc2)ccc1-c1cccc(C(=O)N2CCC(N(C)C)C2)c1. The molecule has 1 fully saturated rings. The van der Waals surface area contributed by atoms with Gasteiger partial charge in [-0.3, -0.25) is 9.36 Å². The van der Waals surface area contributed by atoms with E-state index in [4.69, 9.17) is 0 Å². The van der Waals surface area contributed by atoms with Gasteiger partial charge in [0.05, 0.1) is 0 Å². The molecule has 0 aliphatic carbocycles. The van der Waals surface area contributed by atoms with E-state index in [9.17, 15) is 4.79 Å². The molecule has 144 valence electrons. The summed E-state index contributed by atoms with van der Waals surface area (Å²) in [5.41, 5.74) is 3.62. The Morgan fingerprint density at radius 3 is 2.61 bits per heavy atom. The van der Waals surface area contributed by atoms with Crippen LogP contribution < -0.4 is 0 Å². The number of carbonyl (C=O) groups is 1. The minimum absolute atomic E-state index is 0.0953. The molecule has 2 aromatic heterocycles. The van der Waals surface area contributed by atoms with Crippen LogP contribution in [0, 0.1) is 6.92 Å². The Balaban J connectivity index is 1.58. The first kappa shape index (κ1) is 18.3. The summed E-state index contributed by atoms with van der Waals surface area (Å²) in [7, 11) is 4.14. The fourth-order valence-corrected chi connectivity index (χ4v) is 3.67. The van der Waals surface area contributed by atoms with Crippen LogP contribution in [0.1, 0.15) is 22.5 Å². The van der Waals surface area contributed by atoms with Gasteiger partial charge in [0.1, 0.15) is 18.5 Å². The van der Waals surface area contributed by atoms with Gasteiger partial charge in [-0.25, -0.2) is 4.98 Å². The normalized spacial score (nSPS) is 16.7. The Bertz CT molecular complexity index is 982. The van der Waals surface area contributed by atoms with Gasteiger partial charge < -0.3 is 9.80 Å². The Morgan fingerprint density at radius 2 is 1.93 bits per heavy atom. The molecule has 1 saturated heterocycles. The lowest BCUT2D eigenvalue weighted by Gasteiger charge is -2.20. The predicted octanol–water partition coefficient (Wildman–Crippen LogP) is 2.41. The van der Waals surface area contributed by atoms with Crippen molar-refractivity contribution in [3.8, 4) is 16.9 Å². The molecular formula is C21H24N6O. The first-order valence-corrected chi connectivity index (χ1v) is 9.41. The second-order valence-electron chi connectivity index (χ2n) is 7.41. The van der Waals surface area contributed by atoms with Crippen molar-refractivity contribution in [3.05, 3.63) is 60.3 Å². The number of rotatable bonds is 4. The van der Waals surface area contributed by atoms with Gasteiger partial charge in [0.25, 0.3) is 5.91 Å². The summed E-state index contributed by atoms with van der Waals surface area (Å²) >= 11 is 0. The number of likely N-dealkylation sites (N-methyl/N-ethyl adjacent to an activating group) is 1. The number of aryl methyl sites for hydroxylation is 1. The first-order valence-electron chi connectivity index (χ1n) is 9.41. The van der Waals surface area contributed by atoms with Gasteiger partial charge in [-0.05, 0) is 57.3 Å². The number of nitrogens with zero attached hydrogens (tertiary/aromatic N) is 6. The maximum absolute atomic E-state index is 13.0. The number of pyridine rings is 1. The predicted molar refractivity (Wildman–Crippen MR) is 107 cm³/mol. The number of hydrogen-bond acceptors (Lipinski definition) is 5. The summed E-state index contributed by atoms with van der Waals surface area (Å²) in [6.07, 6.45) is 4.27. The average Bonchev–Trinajstić information content (AvgIpc) is 3.39. The van der Waals surface area contributed by atoms with Gasteiger partial charge in [0.2, 0.25) is 0 Å². The van der Waals surface area contributed by atoms with Crippen molar-refractivity contribution >= 4 is 5.91 Å². The number of likely N-dealkylation sites (tertiary alicyclic amines) is 1. The Hall–Kier alpha value is -3.06. The highest BCUT2D eigenvalue weighted by molar-refractivity contribution is 5.95. The Morgan fingerprint density at radius 1 is 1.14 bits per heavy atom. The van der Waals surface area contributed by atoms with E-state index in [0.29, 0.717) is 6.04 Å². The summed E-state index contributed by atoms with van der Waals surface area (Å²) in [4.78, 5) is 21.8. The van der Waals surface area contributed by atoms with E-state index in [1.54, 1.807) is 17.2 Å². The lowest BCUT2D eigenvalue weighted by Crippen LogP contribution is -2.34. The Labute approximate surface area is 164 Å². The van der Waals surface area contributed by atoms with Crippen LogP contribution in [0.3, 0.4) is 0 Å². The summed E-state index contributed by atoms with van der Waals surface area (Å²) in [6.45, 7) is 3.56. The highest BCUT2D eigenvalue weighted by Crippen LogP contribution is 2.25. The van der Waals surface area contributed by atoms with E-state index < -0.39 is 0 Å². The molecule has 1 aliphatic rings. The molecule has 7 nitrogen and oxygen atoms in total. The van der Waals surface area contributed by atoms with Crippen molar-refractivity contribution in [1.82, 2.24) is 29.5 Å². The van der Waals surface area contributed by atoms with Crippen LogP contribution >= 0.6 is 0 Å². The minimum Gasteiger partial charge on any atom is -0.337 e. The standard InChI is InChI=1S/C21H24N6O/c1-15-19(7-8-20(24-15)27-13-22-23-14-27)16-5-4-6-17(11-16)21(28)26-10-9-18(12-26)25(2)3/h4-8,11,13-14,18H,9-10,12H2,1-3H3. The third-order valence-corrected chi connectivity index (χ3v) is 5.36.